The van der Waals surface area contributed by atoms with Crippen LogP contribution in [0.3, 0.4) is 0 Å². The van der Waals surface area contributed by atoms with E-state index in [2.05, 4.69) is 158 Å². The summed E-state index contributed by atoms with van der Waals surface area (Å²) in [5.74, 6) is 0.895. The maximum Gasteiger partial charge on any atom is 0.143 e. The van der Waals surface area contributed by atoms with Gasteiger partial charge in [0, 0.05) is 32.8 Å². The Morgan fingerprint density at radius 2 is 0.940 bits per heavy atom. The molecule has 232 valence electrons. The predicted molar refractivity (Wildman–Crippen MR) is 209 cm³/mol. The van der Waals surface area contributed by atoms with Crippen LogP contribution in [-0.4, -0.2) is 0 Å². The summed E-state index contributed by atoms with van der Waals surface area (Å²) < 4.78 is 13.2. The van der Waals surface area contributed by atoms with Crippen LogP contribution in [0.5, 0.6) is 0 Å². The molecule has 2 nitrogen and oxygen atoms in total. The number of para-hydroxylation sites is 2. The Balaban J connectivity index is 1.13. The van der Waals surface area contributed by atoms with Gasteiger partial charge in [0.2, 0.25) is 0 Å². The van der Waals surface area contributed by atoms with Crippen molar-refractivity contribution in [2.24, 2.45) is 0 Å². The highest BCUT2D eigenvalue weighted by Crippen LogP contribution is 2.46. The normalized spacial score (nSPS) is 12.0. The summed E-state index contributed by atoms with van der Waals surface area (Å²) in [5.41, 5.74) is 10.7. The summed E-state index contributed by atoms with van der Waals surface area (Å²) in [6, 6.07) is 60.6. The van der Waals surface area contributed by atoms with E-state index in [1.54, 1.807) is 0 Å². The van der Waals surface area contributed by atoms with Crippen LogP contribution in [0.1, 0.15) is 0 Å². The first-order valence-electron chi connectivity index (χ1n) is 17.1. The zero-order valence-electron chi connectivity index (χ0n) is 27.0. The molecule has 0 spiro atoms. The van der Waals surface area contributed by atoms with Gasteiger partial charge in [0.25, 0.3) is 0 Å². The molecule has 0 atom stereocenters. The highest BCUT2D eigenvalue weighted by atomic mass is 16.3. The molecule has 0 aliphatic heterocycles. The lowest BCUT2D eigenvalue weighted by Crippen LogP contribution is -1.89. The quantitative estimate of drug-likeness (QED) is 0.180. The van der Waals surface area contributed by atoms with Crippen molar-refractivity contribution in [2.45, 2.75) is 0 Å². The molecule has 0 aliphatic rings. The first-order valence-corrected chi connectivity index (χ1v) is 17.1. The topological polar surface area (TPSA) is 26.3 Å². The molecule has 0 saturated carbocycles. The van der Waals surface area contributed by atoms with Gasteiger partial charge >= 0.3 is 0 Å². The summed E-state index contributed by atoms with van der Waals surface area (Å²) in [7, 11) is 0. The molecule has 0 bridgehead atoms. The van der Waals surface area contributed by atoms with Crippen LogP contribution in [0.25, 0.3) is 110 Å². The largest absolute Gasteiger partial charge is 0.455 e. The van der Waals surface area contributed by atoms with Gasteiger partial charge in [-0.1, -0.05) is 152 Å². The number of rotatable bonds is 4. The minimum atomic E-state index is 0.882. The van der Waals surface area contributed by atoms with Crippen molar-refractivity contribution in [3.8, 4) is 44.7 Å². The molecular formula is C48H28O2. The summed E-state index contributed by atoms with van der Waals surface area (Å²) in [6.45, 7) is 0. The average molecular weight is 637 g/mol. The molecule has 2 heteroatoms. The zero-order valence-corrected chi connectivity index (χ0v) is 27.0. The van der Waals surface area contributed by atoms with Crippen LogP contribution >= 0.6 is 0 Å². The van der Waals surface area contributed by atoms with Crippen molar-refractivity contribution < 1.29 is 8.83 Å². The minimum absolute atomic E-state index is 0.882. The maximum atomic E-state index is 6.74. The Morgan fingerprint density at radius 3 is 1.72 bits per heavy atom. The zero-order chi connectivity index (χ0) is 32.8. The van der Waals surface area contributed by atoms with Gasteiger partial charge in [-0.05, 0) is 72.8 Å². The molecule has 0 saturated heterocycles. The molecule has 0 aliphatic carbocycles. The van der Waals surface area contributed by atoms with Gasteiger partial charge in [-0.2, -0.15) is 0 Å². The van der Waals surface area contributed by atoms with Crippen molar-refractivity contribution in [1.29, 1.82) is 0 Å². The first kappa shape index (κ1) is 27.3. The van der Waals surface area contributed by atoms with Gasteiger partial charge in [0.05, 0.1) is 0 Å². The second-order valence-corrected chi connectivity index (χ2v) is 13.2. The van der Waals surface area contributed by atoms with Crippen molar-refractivity contribution >= 4 is 65.2 Å². The highest BCUT2D eigenvalue weighted by molar-refractivity contribution is 6.28. The fraction of sp³-hybridized carbons (Fsp3) is 0. The molecule has 0 unspecified atom stereocenters. The van der Waals surface area contributed by atoms with Crippen LogP contribution < -0.4 is 0 Å². The first-order chi connectivity index (χ1) is 24.8. The van der Waals surface area contributed by atoms with E-state index in [-0.39, 0.29) is 0 Å². The SMILES string of the molecule is c1ccc(-c2oc3cc(-c4ccc5ccc6c(-c7cccc8c7oc7ccccc78)ccc7ccc4c5c76)ccc3c2-c2ccccc2)cc1. The highest BCUT2D eigenvalue weighted by Gasteiger charge is 2.21. The molecule has 2 aromatic heterocycles. The molecule has 9 aromatic carbocycles. The number of hydrogen-bond donors (Lipinski definition) is 0. The Morgan fingerprint density at radius 1 is 0.320 bits per heavy atom. The average Bonchev–Trinajstić information content (AvgIpc) is 3.76. The molecule has 0 fully saturated rings. The number of benzene rings is 9. The third-order valence-electron chi connectivity index (χ3n) is 10.5. The third kappa shape index (κ3) is 3.90. The molecule has 11 aromatic rings. The summed E-state index contributed by atoms with van der Waals surface area (Å²) in [4.78, 5) is 0. The molecule has 2 heterocycles. The van der Waals surface area contributed by atoms with Crippen molar-refractivity contribution in [2.75, 3.05) is 0 Å². The molecule has 50 heavy (non-hydrogen) atoms. The Labute approximate surface area is 287 Å². The van der Waals surface area contributed by atoms with Crippen LogP contribution in [0.2, 0.25) is 0 Å². The second kappa shape index (κ2) is 10.4. The fourth-order valence-corrected chi connectivity index (χ4v) is 8.20. The van der Waals surface area contributed by atoms with E-state index in [9.17, 15) is 0 Å². The monoisotopic (exact) mass is 636 g/mol. The molecule has 0 radical (unpaired) electrons. The van der Waals surface area contributed by atoms with E-state index in [0.29, 0.717) is 0 Å². The summed E-state index contributed by atoms with van der Waals surface area (Å²) in [5, 5.41) is 10.9. The van der Waals surface area contributed by atoms with Crippen molar-refractivity contribution in [3.05, 3.63) is 170 Å². The van der Waals surface area contributed by atoms with E-state index in [4.69, 9.17) is 8.83 Å². The van der Waals surface area contributed by atoms with Crippen LogP contribution in [0.4, 0.5) is 0 Å². The Kier molecular flexibility index (Phi) is 5.70. The van der Waals surface area contributed by atoms with Crippen molar-refractivity contribution in [3.63, 3.8) is 0 Å². The molecule has 0 N–H and O–H groups in total. The Hall–Kier alpha value is -6.64. The lowest BCUT2D eigenvalue weighted by molar-refractivity contribution is 0.632. The lowest BCUT2D eigenvalue weighted by atomic mass is 9.87. The van der Waals surface area contributed by atoms with E-state index in [1.165, 1.54) is 43.4 Å². The lowest BCUT2D eigenvalue weighted by Gasteiger charge is -2.16. The van der Waals surface area contributed by atoms with Gasteiger partial charge in [0.1, 0.15) is 22.5 Å². The van der Waals surface area contributed by atoms with Crippen LogP contribution in [0, 0.1) is 0 Å². The fourth-order valence-electron chi connectivity index (χ4n) is 8.20. The van der Waals surface area contributed by atoms with Gasteiger partial charge in [-0.25, -0.2) is 0 Å². The van der Waals surface area contributed by atoms with Gasteiger partial charge in [0.15, 0.2) is 0 Å². The predicted octanol–water partition coefficient (Wildman–Crippen LogP) is 13.9. The third-order valence-corrected chi connectivity index (χ3v) is 10.5. The summed E-state index contributed by atoms with van der Waals surface area (Å²) >= 11 is 0. The number of furan rings is 2. The molecule has 0 amide bonds. The van der Waals surface area contributed by atoms with E-state index < -0.39 is 0 Å². The number of hydrogen-bond acceptors (Lipinski definition) is 2. The van der Waals surface area contributed by atoms with Gasteiger partial charge in [-0.15, -0.1) is 0 Å². The smallest absolute Gasteiger partial charge is 0.143 e. The molecular weight excluding hydrogens is 609 g/mol. The Bertz CT molecular complexity index is 3070. The van der Waals surface area contributed by atoms with Crippen LogP contribution in [-0.2, 0) is 0 Å². The second-order valence-electron chi connectivity index (χ2n) is 13.2. The van der Waals surface area contributed by atoms with Crippen molar-refractivity contribution in [1.82, 2.24) is 0 Å². The summed E-state index contributed by atoms with van der Waals surface area (Å²) in [6.07, 6.45) is 0. The molecule has 11 rings (SSSR count). The van der Waals surface area contributed by atoms with Crippen LogP contribution in [0.15, 0.2) is 179 Å². The maximum absolute atomic E-state index is 6.74. The van der Waals surface area contributed by atoms with E-state index in [1.807, 2.05) is 12.1 Å². The number of fused-ring (bicyclic) bond motifs is 4. The van der Waals surface area contributed by atoms with Gasteiger partial charge in [-0.3, -0.25) is 0 Å². The van der Waals surface area contributed by atoms with E-state index >= 15 is 0 Å². The standard InChI is InChI=1S/C48H28O2/c1-3-10-29(11-4-1)46-41-27-22-33(28-43(41)50-47(46)32-12-5-2-6-13-32)34-23-18-30-21-26-38-35(24-19-31-20-25-37(34)44(30)45(31)38)39-15-9-16-40-36-14-7-8-17-42(36)49-48(39)40/h1-28H. The van der Waals surface area contributed by atoms with Gasteiger partial charge < -0.3 is 8.83 Å². The minimum Gasteiger partial charge on any atom is -0.455 e. The van der Waals surface area contributed by atoms with E-state index in [0.717, 1.165) is 66.5 Å².